The number of hydrogen-bond donors (Lipinski definition) is 1. The second kappa shape index (κ2) is 3.79. The third-order valence-electron chi connectivity index (χ3n) is 2.43. The lowest BCUT2D eigenvalue weighted by Crippen LogP contribution is -1.94. The van der Waals surface area contributed by atoms with Crippen molar-refractivity contribution in [2.45, 2.75) is 13.8 Å². The second-order valence-electron chi connectivity index (χ2n) is 3.60. The number of aryl methyl sites for hydroxylation is 1. The van der Waals surface area contributed by atoms with Crippen molar-refractivity contribution in [1.29, 1.82) is 0 Å². The molecule has 0 bridgehead atoms. The number of aromatic nitrogens is 1. The van der Waals surface area contributed by atoms with Crippen molar-refractivity contribution >= 4 is 17.5 Å². The van der Waals surface area contributed by atoms with E-state index in [-0.39, 0.29) is 11.7 Å². The number of benzene rings is 1. The van der Waals surface area contributed by atoms with Crippen LogP contribution in [0.2, 0.25) is 5.02 Å². The van der Waals surface area contributed by atoms with E-state index in [9.17, 15) is 4.39 Å². The Kier molecular flexibility index (Phi) is 2.59. The highest BCUT2D eigenvalue weighted by Gasteiger charge is 2.17. The summed E-state index contributed by atoms with van der Waals surface area (Å²) in [6.07, 6.45) is 0. The van der Waals surface area contributed by atoms with Gasteiger partial charge >= 0.3 is 0 Å². The standard InChI is InChI=1S/C11H10ClFN2O/c1-5-3-7(12)6(2)10(11(5)13)8-4-9(14)16-15-8/h3-4H,14H2,1-2H3. The van der Waals surface area contributed by atoms with Gasteiger partial charge in [-0.15, -0.1) is 0 Å². The van der Waals surface area contributed by atoms with Crippen LogP contribution in [0.25, 0.3) is 11.3 Å². The number of anilines is 1. The molecule has 1 aromatic carbocycles. The van der Waals surface area contributed by atoms with Crippen molar-refractivity contribution in [1.82, 2.24) is 5.16 Å². The first-order valence-electron chi connectivity index (χ1n) is 4.68. The lowest BCUT2D eigenvalue weighted by molar-refractivity contribution is 0.438. The van der Waals surface area contributed by atoms with Crippen LogP contribution < -0.4 is 5.73 Å². The van der Waals surface area contributed by atoms with Crippen LogP contribution in [0.4, 0.5) is 10.3 Å². The Bertz CT molecular complexity index is 525. The van der Waals surface area contributed by atoms with E-state index >= 15 is 0 Å². The molecule has 0 fully saturated rings. The lowest BCUT2D eigenvalue weighted by atomic mass is 10.0. The molecule has 1 heterocycles. The first-order chi connectivity index (χ1) is 7.50. The quantitative estimate of drug-likeness (QED) is 0.832. The zero-order valence-corrected chi connectivity index (χ0v) is 9.60. The Morgan fingerprint density at radius 3 is 2.62 bits per heavy atom. The van der Waals surface area contributed by atoms with Crippen molar-refractivity contribution < 1.29 is 8.91 Å². The predicted molar refractivity (Wildman–Crippen MR) is 60.8 cm³/mol. The first kappa shape index (κ1) is 11.0. The molecule has 3 nitrogen and oxygen atoms in total. The van der Waals surface area contributed by atoms with E-state index < -0.39 is 0 Å². The van der Waals surface area contributed by atoms with Crippen molar-refractivity contribution in [3.8, 4) is 11.3 Å². The van der Waals surface area contributed by atoms with Crippen molar-refractivity contribution in [3.63, 3.8) is 0 Å². The molecule has 1 aromatic heterocycles. The molecule has 0 aliphatic heterocycles. The predicted octanol–water partition coefficient (Wildman–Crippen LogP) is 3.33. The van der Waals surface area contributed by atoms with Gasteiger partial charge in [-0.25, -0.2) is 4.39 Å². The molecule has 0 atom stereocenters. The SMILES string of the molecule is Cc1cc(Cl)c(C)c(-c2cc(N)on2)c1F. The van der Waals surface area contributed by atoms with E-state index in [1.807, 2.05) is 0 Å². The van der Waals surface area contributed by atoms with Crippen molar-refractivity contribution in [3.05, 3.63) is 34.1 Å². The van der Waals surface area contributed by atoms with Crippen LogP contribution in [0.3, 0.4) is 0 Å². The zero-order chi connectivity index (χ0) is 11.9. The van der Waals surface area contributed by atoms with E-state index in [0.29, 0.717) is 27.4 Å². The average Bonchev–Trinajstić information content (AvgIpc) is 2.62. The summed E-state index contributed by atoms with van der Waals surface area (Å²) >= 11 is 5.99. The van der Waals surface area contributed by atoms with Gasteiger partial charge in [-0.2, -0.15) is 0 Å². The lowest BCUT2D eigenvalue weighted by Gasteiger charge is -2.08. The molecule has 0 radical (unpaired) electrons. The van der Waals surface area contributed by atoms with Gasteiger partial charge in [-0.05, 0) is 31.0 Å². The summed E-state index contributed by atoms with van der Waals surface area (Å²) in [5.74, 6) is -0.207. The topological polar surface area (TPSA) is 52.0 Å². The number of halogens is 2. The summed E-state index contributed by atoms with van der Waals surface area (Å²) in [6, 6.07) is 3.06. The van der Waals surface area contributed by atoms with Gasteiger partial charge in [-0.3, -0.25) is 0 Å². The molecule has 0 unspecified atom stereocenters. The molecule has 0 aliphatic rings. The van der Waals surface area contributed by atoms with Crippen molar-refractivity contribution in [2.75, 3.05) is 5.73 Å². The fraction of sp³-hybridized carbons (Fsp3) is 0.182. The molecule has 2 rings (SSSR count). The molecule has 0 aliphatic carbocycles. The van der Waals surface area contributed by atoms with E-state index in [2.05, 4.69) is 5.16 Å². The Hall–Kier alpha value is -1.55. The van der Waals surface area contributed by atoms with Crippen LogP contribution in [0.1, 0.15) is 11.1 Å². The number of nitrogens with zero attached hydrogens (tertiary/aromatic N) is 1. The van der Waals surface area contributed by atoms with Gasteiger partial charge < -0.3 is 10.3 Å². The molecular weight excluding hydrogens is 231 g/mol. The molecule has 0 saturated carbocycles. The van der Waals surface area contributed by atoms with E-state index in [1.165, 1.54) is 6.07 Å². The number of rotatable bonds is 1. The monoisotopic (exact) mass is 240 g/mol. The third kappa shape index (κ3) is 1.65. The second-order valence-corrected chi connectivity index (χ2v) is 4.01. The van der Waals surface area contributed by atoms with Crippen LogP contribution in [0, 0.1) is 19.7 Å². The molecule has 2 N–H and O–H groups in total. The first-order valence-corrected chi connectivity index (χ1v) is 5.06. The molecule has 2 aromatic rings. The van der Waals surface area contributed by atoms with Gasteiger partial charge in [-0.1, -0.05) is 16.8 Å². The van der Waals surface area contributed by atoms with Gasteiger partial charge in [0, 0.05) is 16.7 Å². The summed E-state index contributed by atoms with van der Waals surface area (Å²) in [4.78, 5) is 0. The van der Waals surface area contributed by atoms with E-state index in [4.69, 9.17) is 21.9 Å². The van der Waals surface area contributed by atoms with Gasteiger partial charge in [0.25, 0.3) is 0 Å². The molecule has 16 heavy (non-hydrogen) atoms. The van der Waals surface area contributed by atoms with Crippen LogP contribution in [-0.2, 0) is 0 Å². The summed E-state index contributed by atoms with van der Waals surface area (Å²) < 4.78 is 18.7. The summed E-state index contributed by atoms with van der Waals surface area (Å²) in [7, 11) is 0. The molecular formula is C11H10ClFN2O. The van der Waals surface area contributed by atoms with Crippen LogP contribution in [-0.4, -0.2) is 5.16 Å². The minimum Gasteiger partial charge on any atom is -0.368 e. The number of nitrogens with two attached hydrogens (primary N) is 1. The van der Waals surface area contributed by atoms with Gasteiger partial charge in [0.2, 0.25) is 5.88 Å². The third-order valence-corrected chi connectivity index (χ3v) is 2.82. The molecule has 0 amide bonds. The Balaban J connectivity index is 2.73. The fourth-order valence-electron chi connectivity index (χ4n) is 1.55. The maximum Gasteiger partial charge on any atom is 0.222 e. The van der Waals surface area contributed by atoms with Crippen LogP contribution in [0.5, 0.6) is 0 Å². The average molecular weight is 241 g/mol. The molecule has 0 saturated heterocycles. The zero-order valence-electron chi connectivity index (χ0n) is 8.84. The number of hydrogen-bond acceptors (Lipinski definition) is 3. The molecule has 0 spiro atoms. The summed E-state index contributed by atoms with van der Waals surface area (Å²) in [6.45, 7) is 3.37. The van der Waals surface area contributed by atoms with E-state index in [1.54, 1.807) is 19.9 Å². The van der Waals surface area contributed by atoms with Crippen molar-refractivity contribution in [2.24, 2.45) is 0 Å². The molecule has 84 valence electrons. The maximum absolute atomic E-state index is 14.0. The smallest absolute Gasteiger partial charge is 0.222 e. The van der Waals surface area contributed by atoms with Crippen LogP contribution in [0.15, 0.2) is 16.7 Å². The Morgan fingerprint density at radius 1 is 1.38 bits per heavy atom. The molecule has 5 heteroatoms. The summed E-state index contributed by atoms with van der Waals surface area (Å²) in [5.41, 5.74) is 7.19. The van der Waals surface area contributed by atoms with Crippen LogP contribution >= 0.6 is 11.6 Å². The highest BCUT2D eigenvalue weighted by molar-refractivity contribution is 6.31. The number of nitrogen functional groups attached to an aromatic ring is 1. The van der Waals surface area contributed by atoms with Gasteiger partial charge in [0.05, 0.1) is 0 Å². The fourth-order valence-corrected chi connectivity index (χ4v) is 1.81. The highest BCUT2D eigenvalue weighted by Crippen LogP contribution is 2.33. The highest BCUT2D eigenvalue weighted by atomic mass is 35.5. The Morgan fingerprint density at radius 2 is 2.06 bits per heavy atom. The summed E-state index contributed by atoms with van der Waals surface area (Å²) in [5, 5.41) is 4.19. The largest absolute Gasteiger partial charge is 0.368 e. The van der Waals surface area contributed by atoms with Gasteiger partial charge in [0.1, 0.15) is 11.5 Å². The maximum atomic E-state index is 14.0. The minimum absolute atomic E-state index is 0.145. The normalized spacial score (nSPS) is 10.8. The van der Waals surface area contributed by atoms with Gasteiger partial charge in [0.15, 0.2) is 0 Å². The Labute approximate surface area is 97.0 Å². The minimum atomic E-state index is -0.352. The van der Waals surface area contributed by atoms with E-state index in [0.717, 1.165) is 0 Å².